The molecule has 0 saturated carbocycles. The number of piperazine rings is 1. The van der Waals surface area contributed by atoms with Crippen molar-refractivity contribution >= 4 is 54.8 Å². The number of para-hydroxylation sites is 1. The van der Waals surface area contributed by atoms with Crippen LogP contribution in [0.15, 0.2) is 46.9 Å². The van der Waals surface area contributed by atoms with Crippen molar-refractivity contribution in [1.29, 1.82) is 0 Å². The maximum atomic E-state index is 12.9. The fourth-order valence-electron chi connectivity index (χ4n) is 3.38. The first-order valence-corrected chi connectivity index (χ1v) is 12.2. The molecule has 1 aliphatic heterocycles. The van der Waals surface area contributed by atoms with Crippen LogP contribution in [0.1, 0.15) is 5.56 Å². The van der Waals surface area contributed by atoms with Gasteiger partial charge in [-0.05, 0) is 52.7 Å². The standard InChI is InChI=1S/C20H23BrClN3O3S/c1-15-7-8-16(22)13-19(15)23-9-11-24(12-10-23)20(26)14-25(29(2,27)28)18-6-4-3-5-17(18)21/h3-8,13H,9-12,14H2,1-2H3. The Morgan fingerprint density at radius 2 is 1.79 bits per heavy atom. The van der Waals surface area contributed by atoms with Crippen LogP contribution in [-0.2, 0) is 14.8 Å². The number of aryl methyl sites for hydroxylation is 1. The summed E-state index contributed by atoms with van der Waals surface area (Å²) in [6, 6.07) is 12.8. The molecule has 9 heteroatoms. The number of amides is 1. The minimum atomic E-state index is -3.61. The third kappa shape index (κ3) is 5.24. The van der Waals surface area contributed by atoms with E-state index in [0.29, 0.717) is 41.4 Å². The number of hydrogen-bond donors (Lipinski definition) is 0. The highest BCUT2D eigenvalue weighted by atomic mass is 79.9. The Balaban J connectivity index is 1.70. The van der Waals surface area contributed by atoms with Gasteiger partial charge in [0.05, 0.1) is 11.9 Å². The molecule has 0 aliphatic carbocycles. The van der Waals surface area contributed by atoms with Crippen LogP contribution in [-0.4, -0.2) is 58.2 Å². The third-order valence-corrected chi connectivity index (χ3v) is 6.98. The van der Waals surface area contributed by atoms with Crippen LogP contribution < -0.4 is 9.21 Å². The van der Waals surface area contributed by atoms with Gasteiger partial charge in [0, 0.05) is 41.4 Å². The van der Waals surface area contributed by atoms with E-state index in [2.05, 4.69) is 20.8 Å². The van der Waals surface area contributed by atoms with E-state index in [1.54, 1.807) is 29.2 Å². The van der Waals surface area contributed by atoms with E-state index in [-0.39, 0.29) is 12.5 Å². The molecule has 1 aliphatic rings. The van der Waals surface area contributed by atoms with E-state index in [9.17, 15) is 13.2 Å². The van der Waals surface area contributed by atoms with Gasteiger partial charge in [0.1, 0.15) is 6.54 Å². The van der Waals surface area contributed by atoms with Crippen molar-refractivity contribution in [3.8, 4) is 0 Å². The quantitative estimate of drug-likeness (QED) is 0.630. The lowest BCUT2D eigenvalue weighted by atomic mass is 10.1. The fourth-order valence-corrected chi connectivity index (χ4v) is 5.02. The fraction of sp³-hybridized carbons (Fsp3) is 0.350. The van der Waals surface area contributed by atoms with Crippen molar-refractivity contribution < 1.29 is 13.2 Å². The van der Waals surface area contributed by atoms with Crippen LogP contribution in [0, 0.1) is 6.92 Å². The molecule has 0 N–H and O–H groups in total. The molecule has 0 aromatic heterocycles. The van der Waals surface area contributed by atoms with Crippen LogP contribution >= 0.6 is 27.5 Å². The molecule has 0 spiro atoms. The number of sulfonamides is 1. The average Bonchev–Trinajstić information content (AvgIpc) is 2.68. The van der Waals surface area contributed by atoms with E-state index in [1.807, 2.05) is 25.1 Å². The molecule has 0 atom stereocenters. The Bertz CT molecular complexity index is 1010. The number of carbonyl (C=O) groups excluding carboxylic acids is 1. The molecule has 156 valence electrons. The molecule has 1 fully saturated rings. The van der Waals surface area contributed by atoms with Gasteiger partial charge in [-0.25, -0.2) is 8.42 Å². The lowest BCUT2D eigenvalue weighted by molar-refractivity contribution is -0.129. The van der Waals surface area contributed by atoms with E-state index < -0.39 is 10.0 Å². The third-order valence-electron chi connectivity index (χ3n) is 4.94. The van der Waals surface area contributed by atoms with Crippen molar-refractivity contribution in [2.24, 2.45) is 0 Å². The summed E-state index contributed by atoms with van der Waals surface area (Å²) in [5.74, 6) is -0.214. The highest BCUT2D eigenvalue weighted by Gasteiger charge is 2.27. The average molecular weight is 501 g/mol. The molecule has 1 heterocycles. The number of carbonyl (C=O) groups is 1. The highest BCUT2D eigenvalue weighted by Crippen LogP contribution is 2.28. The molecule has 3 rings (SSSR count). The SMILES string of the molecule is Cc1ccc(Cl)cc1N1CCN(C(=O)CN(c2ccccc2Br)S(C)(=O)=O)CC1. The number of benzene rings is 2. The summed E-state index contributed by atoms with van der Waals surface area (Å²) >= 11 is 9.50. The van der Waals surface area contributed by atoms with Gasteiger partial charge in [-0.15, -0.1) is 0 Å². The van der Waals surface area contributed by atoms with Crippen molar-refractivity contribution in [3.05, 3.63) is 57.5 Å². The van der Waals surface area contributed by atoms with E-state index in [1.165, 1.54) is 0 Å². The molecule has 2 aromatic carbocycles. The van der Waals surface area contributed by atoms with Gasteiger partial charge in [0.25, 0.3) is 0 Å². The van der Waals surface area contributed by atoms with Gasteiger partial charge in [-0.2, -0.15) is 0 Å². The first-order chi connectivity index (χ1) is 13.7. The molecule has 29 heavy (non-hydrogen) atoms. The van der Waals surface area contributed by atoms with Crippen LogP contribution in [0.2, 0.25) is 5.02 Å². The molecule has 1 saturated heterocycles. The summed E-state index contributed by atoms with van der Waals surface area (Å²) in [5, 5.41) is 0.682. The summed E-state index contributed by atoms with van der Waals surface area (Å²) in [4.78, 5) is 16.8. The Labute approximate surface area is 185 Å². The maximum absolute atomic E-state index is 12.9. The topological polar surface area (TPSA) is 60.9 Å². The predicted octanol–water partition coefficient (Wildman–Crippen LogP) is 3.53. The van der Waals surface area contributed by atoms with Gasteiger partial charge in [-0.3, -0.25) is 9.10 Å². The second kappa shape index (κ2) is 8.93. The lowest BCUT2D eigenvalue weighted by Crippen LogP contribution is -2.52. The Hall–Kier alpha value is -1.77. The Morgan fingerprint density at radius 1 is 1.14 bits per heavy atom. The zero-order valence-electron chi connectivity index (χ0n) is 16.3. The number of nitrogens with zero attached hydrogens (tertiary/aromatic N) is 3. The molecule has 0 radical (unpaired) electrons. The van der Waals surface area contributed by atoms with Crippen molar-refractivity contribution in [2.75, 3.05) is 48.2 Å². The number of halogens is 2. The van der Waals surface area contributed by atoms with Crippen LogP contribution in [0.3, 0.4) is 0 Å². The first kappa shape index (κ1) is 21.9. The summed E-state index contributed by atoms with van der Waals surface area (Å²) in [7, 11) is -3.61. The number of anilines is 2. The molecular formula is C20H23BrClN3O3S. The van der Waals surface area contributed by atoms with Gasteiger partial charge in [0.15, 0.2) is 0 Å². The van der Waals surface area contributed by atoms with Crippen LogP contribution in [0.4, 0.5) is 11.4 Å². The van der Waals surface area contributed by atoms with Gasteiger partial charge >= 0.3 is 0 Å². The van der Waals surface area contributed by atoms with Crippen molar-refractivity contribution in [1.82, 2.24) is 4.90 Å². The molecular weight excluding hydrogens is 478 g/mol. The first-order valence-electron chi connectivity index (χ1n) is 9.18. The van der Waals surface area contributed by atoms with E-state index in [0.717, 1.165) is 21.8 Å². The van der Waals surface area contributed by atoms with Gasteiger partial charge < -0.3 is 9.80 Å². The minimum Gasteiger partial charge on any atom is -0.368 e. The van der Waals surface area contributed by atoms with Gasteiger partial charge in [-0.1, -0.05) is 29.8 Å². The second-order valence-electron chi connectivity index (χ2n) is 7.02. The highest BCUT2D eigenvalue weighted by molar-refractivity contribution is 9.10. The van der Waals surface area contributed by atoms with Gasteiger partial charge in [0.2, 0.25) is 15.9 Å². The summed E-state index contributed by atoms with van der Waals surface area (Å²) in [6.45, 7) is 4.20. The van der Waals surface area contributed by atoms with Crippen LogP contribution in [0.25, 0.3) is 0 Å². The monoisotopic (exact) mass is 499 g/mol. The zero-order chi connectivity index (χ0) is 21.2. The Kier molecular flexibility index (Phi) is 6.76. The maximum Gasteiger partial charge on any atom is 0.243 e. The normalized spacial score (nSPS) is 14.8. The largest absolute Gasteiger partial charge is 0.368 e. The summed E-state index contributed by atoms with van der Waals surface area (Å²) in [5.41, 5.74) is 2.65. The molecule has 0 unspecified atom stereocenters. The van der Waals surface area contributed by atoms with E-state index in [4.69, 9.17) is 11.6 Å². The molecule has 2 aromatic rings. The number of hydrogen-bond acceptors (Lipinski definition) is 4. The summed E-state index contributed by atoms with van der Waals surface area (Å²) in [6.07, 6.45) is 1.11. The molecule has 1 amide bonds. The van der Waals surface area contributed by atoms with E-state index >= 15 is 0 Å². The number of rotatable bonds is 5. The smallest absolute Gasteiger partial charge is 0.243 e. The molecule has 6 nitrogen and oxygen atoms in total. The molecule has 0 bridgehead atoms. The predicted molar refractivity (Wildman–Crippen MR) is 121 cm³/mol. The minimum absolute atomic E-state index is 0.214. The van der Waals surface area contributed by atoms with Crippen molar-refractivity contribution in [2.45, 2.75) is 6.92 Å². The zero-order valence-corrected chi connectivity index (χ0v) is 19.5. The lowest BCUT2D eigenvalue weighted by Gasteiger charge is -2.37. The van der Waals surface area contributed by atoms with Crippen LogP contribution in [0.5, 0.6) is 0 Å². The second-order valence-corrected chi connectivity index (χ2v) is 10.2. The Morgan fingerprint density at radius 3 is 2.41 bits per heavy atom. The van der Waals surface area contributed by atoms with Crippen molar-refractivity contribution in [3.63, 3.8) is 0 Å². The summed E-state index contributed by atoms with van der Waals surface area (Å²) < 4.78 is 26.4.